The largest absolute Gasteiger partial charge is 0.497 e. The van der Waals surface area contributed by atoms with Crippen LogP contribution in [0, 0.1) is 13.8 Å². The van der Waals surface area contributed by atoms with E-state index in [2.05, 4.69) is 62.4 Å². The molecule has 1 saturated heterocycles. The molecule has 0 radical (unpaired) electrons. The molecular weight excluding hydrogens is 470 g/mol. The topological polar surface area (TPSA) is 101 Å². The number of anilines is 1. The number of aromatic nitrogens is 5. The molecule has 5 rings (SSSR count). The van der Waals surface area contributed by atoms with Gasteiger partial charge in [-0.1, -0.05) is 12.1 Å². The predicted octanol–water partition coefficient (Wildman–Crippen LogP) is 2.70. The summed E-state index contributed by atoms with van der Waals surface area (Å²) in [6, 6.07) is 13.7. The van der Waals surface area contributed by atoms with Crippen LogP contribution in [0.4, 0.5) is 5.69 Å². The van der Waals surface area contributed by atoms with Gasteiger partial charge in [0.25, 0.3) is 5.56 Å². The summed E-state index contributed by atoms with van der Waals surface area (Å²) in [5.74, 6) is 1.36. The summed E-state index contributed by atoms with van der Waals surface area (Å²) in [6.07, 6.45) is 0. The van der Waals surface area contributed by atoms with Crippen LogP contribution in [0.3, 0.4) is 0 Å². The van der Waals surface area contributed by atoms with E-state index in [1.807, 2.05) is 24.3 Å². The lowest BCUT2D eigenvalue weighted by Gasteiger charge is -2.40. The molecule has 0 unspecified atom stereocenters. The molecule has 1 aliphatic rings. The Morgan fingerprint density at radius 3 is 2.59 bits per heavy atom. The highest BCUT2D eigenvalue weighted by Crippen LogP contribution is 2.30. The first-order chi connectivity index (χ1) is 18.0. The number of methoxy groups -OCH3 is 2. The summed E-state index contributed by atoms with van der Waals surface area (Å²) >= 11 is 0. The highest BCUT2D eigenvalue weighted by Gasteiger charge is 2.33. The van der Waals surface area contributed by atoms with E-state index in [4.69, 9.17) is 9.47 Å². The highest BCUT2D eigenvalue weighted by atomic mass is 16.5. The summed E-state index contributed by atoms with van der Waals surface area (Å²) in [5, 5.41) is 13.4. The summed E-state index contributed by atoms with van der Waals surface area (Å²) in [7, 11) is 3.28. The molecule has 10 heteroatoms. The summed E-state index contributed by atoms with van der Waals surface area (Å²) in [4.78, 5) is 21.2. The minimum atomic E-state index is -0.410. The number of piperazine rings is 1. The van der Waals surface area contributed by atoms with Gasteiger partial charge in [-0.25, -0.2) is 4.68 Å². The number of nitrogens with zero attached hydrogens (tertiary/aromatic N) is 6. The fourth-order valence-electron chi connectivity index (χ4n) is 5.06. The smallest absolute Gasteiger partial charge is 0.253 e. The van der Waals surface area contributed by atoms with Crippen molar-refractivity contribution < 1.29 is 9.47 Å². The van der Waals surface area contributed by atoms with E-state index in [0.717, 1.165) is 42.8 Å². The molecule has 1 atom stereocenters. The molecule has 1 aliphatic heterocycles. The Kier molecular flexibility index (Phi) is 7.20. The van der Waals surface area contributed by atoms with E-state index in [0.29, 0.717) is 24.5 Å². The Morgan fingerprint density at radius 2 is 1.84 bits per heavy atom. The van der Waals surface area contributed by atoms with Crippen molar-refractivity contribution in [2.24, 2.45) is 0 Å². The number of ether oxygens (including phenoxy) is 2. The van der Waals surface area contributed by atoms with Gasteiger partial charge in [-0.05, 0) is 65.7 Å². The third-order valence-corrected chi connectivity index (χ3v) is 7.07. The molecule has 10 nitrogen and oxygen atoms in total. The fraction of sp³-hybridized carbons (Fsp3) is 0.407. The second-order valence-electron chi connectivity index (χ2n) is 9.48. The number of H-pyrrole nitrogens is 1. The van der Waals surface area contributed by atoms with Gasteiger partial charge in [0.2, 0.25) is 0 Å². The van der Waals surface area contributed by atoms with Gasteiger partial charge in [0, 0.05) is 55.4 Å². The van der Waals surface area contributed by atoms with Crippen LogP contribution in [0.1, 0.15) is 28.6 Å². The monoisotopic (exact) mass is 503 g/mol. The van der Waals surface area contributed by atoms with Crippen molar-refractivity contribution in [1.82, 2.24) is 30.1 Å². The highest BCUT2D eigenvalue weighted by molar-refractivity contribution is 5.80. The first kappa shape index (κ1) is 24.9. The van der Waals surface area contributed by atoms with Crippen LogP contribution in [0.25, 0.3) is 10.9 Å². The maximum atomic E-state index is 13.4. The first-order valence-corrected chi connectivity index (χ1v) is 12.5. The minimum Gasteiger partial charge on any atom is -0.497 e. The number of hydrogen-bond acceptors (Lipinski definition) is 8. The van der Waals surface area contributed by atoms with Crippen molar-refractivity contribution >= 4 is 16.6 Å². The van der Waals surface area contributed by atoms with Gasteiger partial charge >= 0.3 is 0 Å². The lowest BCUT2D eigenvalue weighted by Crippen LogP contribution is -2.49. The second-order valence-corrected chi connectivity index (χ2v) is 9.48. The summed E-state index contributed by atoms with van der Waals surface area (Å²) < 4.78 is 12.4. The number of aromatic amines is 1. The lowest BCUT2D eigenvalue weighted by atomic mass is 10.0. The molecule has 2 aromatic carbocycles. The number of pyridine rings is 1. The van der Waals surface area contributed by atoms with E-state index < -0.39 is 6.04 Å². The molecule has 0 saturated carbocycles. The molecule has 0 spiro atoms. The van der Waals surface area contributed by atoms with Crippen molar-refractivity contribution in [3.63, 3.8) is 0 Å². The third-order valence-electron chi connectivity index (χ3n) is 7.07. The Labute approximate surface area is 215 Å². The minimum absolute atomic E-state index is 0.152. The fourth-order valence-corrected chi connectivity index (χ4v) is 5.06. The molecule has 4 aromatic rings. The van der Waals surface area contributed by atoms with E-state index in [9.17, 15) is 4.79 Å². The van der Waals surface area contributed by atoms with E-state index in [1.54, 1.807) is 18.9 Å². The number of hydrogen-bond donors (Lipinski definition) is 1. The van der Waals surface area contributed by atoms with Gasteiger partial charge in [-0.15, -0.1) is 5.10 Å². The van der Waals surface area contributed by atoms with Gasteiger partial charge in [0.05, 0.1) is 20.3 Å². The molecule has 37 heavy (non-hydrogen) atoms. The second kappa shape index (κ2) is 10.7. The normalized spacial score (nSPS) is 15.3. The predicted molar refractivity (Wildman–Crippen MR) is 142 cm³/mol. The standard InChI is InChI=1S/C27H33N7O3/c1-18-5-6-19(2)24(15-18)32-9-11-33(12-10-32)25(26-29-30-31-34(26)13-14-36-3)22-17-20-16-21(37-4)7-8-23(20)28-27(22)35/h5-8,15-17,25H,9-14H2,1-4H3,(H,28,35)/t25-/m0/s1. The van der Waals surface area contributed by atoms with E-state index in [-0.39, 0.29) is 5.56 Å². The maximum absolute atomic E-state index is 13.4. The molecule has 194 valence electrons. The molecule has 1 N–H and O–H groups in total. The molecule has 3 heterocycles. The van der Waals surface area contributed by atoms with Crippen molar-refractivity contribution in [2.45, 2.75) is 26.4 Å². The van der Waals surface area contributed by atoms with Crippen molar-refractivity contribution in [2.75, 3.05) is 51.9 Å². The number of benzene rings is 2. The molecular formula is C27H33N7O3. The maximum Gasteiger partial charge on any atom is 0.253 e. The molecule has 1 fully saturated rings. The van der Waals surface area contributed by atoms with E-state index in [1.165, 1.54) is 16.8 Å². The zero-order valence-corrected chi connectivity index (χ0v) is 21.8. The Morgan fingerprint density at radius 1 is 1.03 bits per heavy atom. The van der Waals surface area contributed by atoms with E-state index >= 15 is 0 Å². The van der Waals surface area contributed by atoms with Gasteiger partial charge in [-0.3, -0.25) is 9.69 Å². The molecule has 2 aromatic heterocycles. The van der Waals surface area contributed by atoms with Gasteiger partial charge in [-0.2, -0.15) is 0 Å². The summed E-state index contributed by atoms with van der Waals surface area (Å²) in [5.41, 5.74) is 4.98. The van der Waals surface area contributed by atoms with Gasteiger partial charge in [0.15, 0.2) is 5.82 Å². The number of fused-ring (bicyclic) bond motifs is 1. The third kappa shape index (κ3) is 5.07. The van der Waals surface area contributed by atoms with Crippen molar-refractivity contribution in [3.8, 4) is 5.75 Å². The number of aryl methyl sites for hydroxylation is 2. The Hall–Kier alpha value is -3.76. The first-order valence-electron chi connectivity index (χ1n) is 12.5. The number of tetrazole rings is 1. The van der Waals surface area contributed by atoms with Crippen LogP contribution in [0.2, 0.25) is 0 Å². The molecule has 0 amide bonds. The SMILES string of the molecule is COCCn1nnnc1[C@H](c1cc2cc(OC)ccc2[nH]c1=O)N1CCN(c2cc(C)ccc2C)CC1. The number of rotatable bonds is 8. The summed E-state index contributed by atoms with van der Waals surface area (Å²) in [6.45, 7) is 8.41. The zero-order valence-electron chi connectivity index (χ0n) is 21.8. The average molecular weight is 504 g/mol. The van der Waals surface area contributed by atoms with Gasteiger partial charge in [0.1, 0.15) is 11.8 Å². The van der Waals surface area contributed by atoms with Crippen LogP contribution in [-0.2, 0) is 11.3 Å². The van der Waals surface area contributed by atoms with Gasteiger partial charge < -0.3 is 19.4 Å². The Balaban J connectivity index is 1.53. The molecule has 0 aliphatic carbocycles. The quantitative estimate of drug-likeness (QED) is 0.392. The van der Waals surface area contributed by atoms with Crippen LogP contribution >= 0.6 is 0 Å². The Bertz CT molecular complexity index is 1440. The van der Waals surface area contributed by atoms with Crippen LogP contribution in [0.15, 0.2) is 47.3 Å². The molecule has 0 bridgehead atoms. The van der Waals surface area contributed by atoms with Crippen LogP contribution in [-0.4, -0.2) is 77.1 Å². The van der Waals surface area contributed by atoms with Crippen LogP contribution in [0.5, 0.6) is 5.75 Å². The van der Waals surface area contributed by atoms with Crippen LogP contribution < -0.4 is 15.2 Å². The number of nitrogens with one attached hydrogen (secondary N) is 1. The zero-order chi connectivity index (χ0) is 25.9. The van der Waals surface area contributed by atoms with Crippen molar-refractivity contribution in [3.05, 3.63) is 75.3 Å². The average Bonchev–Trinajstić information content (AvgIpc) is 3.37. The van der Waals surface area contributed by atoms with Crippen molar-refractivity contribution in [1.29, 1.82) is 0 Å². The lowest BCUT2D eigenvalue weighted by molar-refractivity contribution is 0.171.